The summed E-state index contributed by atoms with van der Waals surface area (Å²) in [6.07, 6.45) is 0.632. The van der Waals surface area contributed by atoms with Gasteiger partial charge < -0.3 is 11.1 Å². The van der Waals surface area contributed by atoms with E-state index in [9.17, 15) is 9.18 Å². The summed E-state index contributed by atoms with van der Waals surface area (Å²) in [5.74, 6) is -0.753. The van der Waals surface area contributed by atoms with Gasteiger partial charge in [-0.15, -0.1) is 0 Å². The molecule has 2 aromatic rings. The maximum absolute atomic E-state index is 13.1. The minimum atomic E-state index is -0.451. The Kier molecular flexibility index (Phi) is 5.36. The number of carbonyl (C=O) groups excluding carboxylic acids is 1. The summed E-state index contributed by atoms with van der Waals surface area (Å²) in [5, 5.41) is 2.88. The average molecular weight is 360 g/mol. The van der Waals surface area contributed by atoms with Gasteiger partial charge in [0.25, 0.3) is 5.91 Å². The minimum absolute atomic E-state index is 0.157. The molecule has 130 valence electrons. The standard InChI is InChI=1S/C19H19ClFN3O/c20-16-10-14(21)6-7-18(16)23-19(25)15-12-24(9-8-17(15)22)11-13-4-2-1-3-5-13/h1-7,10H,8-9,11-12,22H2,(H,23,25). The number of amides is 1. The number of halogens is 2. The largest absolute Gasteiger partial charge is 0.402 e. The number of carbonyl (C=O) groups is 1. The Morgan fingerprint density at radius 3 is 2.72 bits per heavy atom. The van der Waals surface area contributed by atoms with Crippen molar-refractivity contribution in [2.45, 2.75) is 13.0 Å². The van der Waals surface area contributed by atoms with Gasteiger partial charge in [0.15, 0.2) is 0 Å². The second-order valence-corrected chi connectivity index (χ2v) is 6.44. The Morgan fingerprint density at radius 1 is 1.24 bits per heavy atom. The number of nitrogens with one attached hydrogen (secondary N) is 1. The minimum Gasteiger partial charge on any atom is -0.402 e. The Labute approximate surface area is 151 Å². The van der Waals surface area contributed by atoms with Crippen LogP contribution in [0.3, 0.4) is 0 Å². The third-order valence-corrected chi connectivity index (χ3v) is 4.48. The zero-order valence-corrected chi connectivity index (χ0v) is 14.4. The van der Waals surface area contributed by atoms with Crippen LogP contribution in [0.1, 0.15) is 12.0 Å². The van der Waals surface area contributed by atoms with Gasteiger partial charge in [-0.1, -0.05) is 41.9 Å². The molecular weight excluding hydrogens is 341 g/mol. The van der Waals surface area contributed by atoms with Gasteiger partial charge in [0, 0.05) is 31.8 Å². The van der Waals surface area contributed by atoms with Gasteiger partial charge in [0.2, 0.25) is 0 Å². The molecule has 0 aromatic heterocycles. The van der Waals surface area contributed by atoms with E-state index < -0.39 is 5.82 Å². The topological polar surface area (TPSA) is 58.4 Å². The number of rotatable bonds is 4. The van der Waals surface area contributed by atoms with E-state index in [1.165, 1.54) is 17.7 Å². The molecule has 0 bridgehead atoms. The maximum Gasteiger partial charge on any atom is 0.254 e. The summed E-state index contributed by atoms with van der Waals surface area (Å²) >= 11 is 5.97. The van der Waals surface area contributed by atoms with Crippen molar-refractivity contribution >= 4 is 23.2 Å². The Hall–Kier alpha value is -2.37. The van der Waals surface area contributed by atoms with Crippen LogP contribution in [-0.2, 0) is 11.3 Å². The van der Waals surface area contributed by atoms with E-state index in [1.54, 1.807) is 0 Å². The monoisotopic (exact) mass is 359 g/mol. The molecule has 6 heteroatoms. The molecule has 0 radical (unpaired) electrons. The third-order valence-electron chi connectivity index (χ3n) is 4.17. The van der Waals surface area contributed by atoms with E-state index in [0.717, 1.165) is 19.2 Å². The van der Waals surface area contributed by atoms with Crippen molar-refractivity contribution in [3.05, 3.63) is 76.2 Å². The molecule has 1 amide bonds. The first kappa shape index (κ1) is 17.5. The van der Waals surface area contributed by atoms with Crippen LogP contribution < -0.4 is 11.1 Å². The van der Waals surface area contributed by atoms with E-state index in [1.807, 2.05) is 18.2 Å². The van der Waals surface area contributed by atoms with Crippen LogP contribution in [0, 0.1) is 5.82 Å². The number of hydrogen-bond donors (Lipinski definition) is 2. The fourth-order valence-electron chi connectivity index (χ4n) is 2.82. The van der Waals surface area contributed by atoms with Crippen molar-refractivity contribution in [3.8, 4) is 0 Å². The van der Waals surface area contributed by atoms with Gasteiger partial charge in [-0.05, 0) is 23.8 Å². The van der Waals surface area contributed by atoms with Crippen LogP contribution in [-0.4, -0.2) is 23.9 Å². The second kappa shape index (κ2) is 7.68. The Bertz CT molecular complexity index is 808. The molecule has 0 unspecified atom stereocenters. The number of hydrogen-bond acceptors (Lipinski definition) is 3. The molecule has 4 nitrogen and oxygen atoms in total. The molecule has 3 rings (SSSR count). The lowest BCUT2D eigenvalue weighted by atomic mass is 10.0. The van der Waals surface area contributed by atoms with Crippen molar-refractivity contribution in [1.82, 2.24) is 4.90 Å². The van der Waals surface area contributed by atoms with Crippen LogP contribution in [0.15, 0.2) is 59.8 Å². The molecule has 0 saturated carbocycles. The number of nitrogens with zero attached hydrogens (tertiary/aromatic N) is 1. The van der Waals surface area contributed by atoms with Crippen molar-refractivity contribution < 1.29 is 9.18 Å². The predicted octanol–water partition coefficient (Wildman–Crippen LogP) is 3.54. The Balaban J connectivity index is 1.70. The molecule has 0 fully saturated rings. The summed E-state index contributed by atoms with van der Waals surface area (Å²) < 4.78 is 13.1. The molecule has 1 heterocycles. The van der Waals surface area contributed by atoms with Crippen molar-refractivity contribution in [1.29, 1.82) is 0 Å². The van der Waals surface area contributed by atoms with Crippen LogP contribution in [0.2, 0.25) is 5.02 Å². The molecule has 2 aromatic carbocycles. The summed E-state index contributed by atoms with van der Waals surface area (Å²) in [4.78, 5) is 14.8. The lowest BCUT2D eigenvalue weighted by molar-refractivity contribution is -0.113. The van der Waals surface area contributed by atoms with Gasteiger partial charge in [0.1, 0.15) is 5.82 Å². The van der Waals surface area contributed by atoms with E-state index in [2.05, 4.69) is 22.3 Å². The smallest absolute Gasteiger partial charge is 0.254 e. The van der Waals surface area contributed by atoms with E-state index >= 15 is 0 Å². The molecule has 25 heavy (non-hydrogen) atoms. The highest BCUT2D eigenvalue weighted by atomic mass is 35.5. The first-order chi connectivity index (χ1) is 12.0. The number of anilines is 1. The molecule has 1 aliphatic heterocycles. The zero-order valence-electron chi connectivity index (χ0n) is 13.6. The molecule has 0 spiro atoms. The molecule has 0 atom stereocenters. The lowest BCUT2D eigenvalue weighted by Gasteiger charge is -2.29. The summed E-state index contributed by atoms with van der Waals surface area (Å²) in [6.45, 7) is 2.02. The van der Waals surface area contributed by atoms with Gasteiger partial charge in [-0.2, -0.15) is 0 Å². The highest BCUT2D eigenvalue weighted by Gasteiger charge is 2.23. The molecular formula is C19H19ClFN3O. The van der Waals surface area contributed by atoms with E-state index in [0.29, 0.717) is 29.9 Å². The average Bonchev–Trinajstić information content (AvgIpc) is 2.60. The fourth-order valence-corrected chi connectivity index (χ4v) is 3.03. The fraction of sp³-hybridized carbons (Fsp3) is 0.211. The van der Waals surface area contributed by atoms with Crippen molar-refractivity contribution in [3.63, 3.8) is 0 Å². The molecule has 0 aliphatic carbocycles. The lowest BCUT2D eigenvalue weighted by Crippen LogP contribution is -2.37. The first-order valence-corrected chi connectivity index (χ1v) is 8.41. The zero-order chi connectivity index (χ0) is 17.8. The first-order valence-electron chi connectivity index (χ1n) is 8.03. The van der Waals surface area contributed by atoms with Gasteiger partial charge in [-0.25, -0.2) is 4.39 Å². The third kappa shape index (κ3) is 4.38. The van der Waals surface area contributed by atoms with E-state index in [-0.39, 0.29) is 10.9 Å². The van der Waals surface area contributed by atoms with Gasteiger partial charge in [-0.3, -0.25) is 9.69 Å². The molecule has 1 aliphatic rings. The highest BCUT2D eigenvalue weighted by Crippen LogP contribution is 2.24. The van der Waals surface area contributed by atoms with Crippen molar-refractivity contribution in [2.75, 3.05) is 18.4 Å². The molecule has 0 saturated heterocycles. The van der Waals surface area contributed by atoms with Crippen LogP contribution in [0.25, 0.3) is 0 Å². The normalized spacial score (nSPS) is 15.3. The van der Waals surface area contributed by atoms with E-state index in [4.69, 9.17) is 17.3 Å². The van der Waals surface area contributed by atoms with Gasteiger partial charge >= 0.3 is 0 Å². The Morgan fingerprint density at radius 2 is 2.00 bits per heavy atom. The summed E-state index contributed by atoms with van der Waals surface area (Å²) in [5.41, 5.74) is 8.72. The quantitative estimate of drug-likeness (QED) is 0.877. The maximum atomic E-state index is 13.1. The number of nitrogens with two attached hydrogens (primary N) is 1. The van der Waals surface area contributed by atoms with Crippen LogP contribution in [0.4, 0.5) is 10.1 Å². The van der Waals surface area contributed by atoms with Crippen LogP contribution >= 0.6 is 11.6 Å². The highest BCUT2D eigenvalue weighted by molar-refractivity contribution is 6.33. The van der Waals surface area contributed by atoms with Gasteiger partial charge in [0.05, 0.1) is 16.3 Å². The van der Waals surface area contributed by atoms with Crippen LogP contribution in [0.5, 0.6) is 0 Å². The molecule has 3 N–H and O–H groups in total. The predicted molar refractivity (Wildman–Crippen MR) is 97.6 cm³/mol. The van der Waals surface area contributed by atoms with Crippen molar-refractivity contribution in [2.24, 2.45) is 5.73 Å². The SMILES string of the molecule is NC1=C(C(=O)Nc2ccc(F)cc2Cl)CN(Cc2ccccc2)CC1. The second-order valence-electron chi connectivity index (χ2n) is 6.03. The summed E-state index contributed by atoms with van der Waals surface area (Å²) in [6, 6.07) is 13.9. The number of benzene rings is 2. The summed E-state index contributed by atoms with van der Waals surface area (Å²) in [7, 11) is 0.